The highest BCUT2D eigenvalue weighted by atomic mass is 32.2. The van der Waals surface area contributed by atoms with Crippen LogP contribution < -0.4 is 5.32 Å². The predicted octanol–water partition coefficient (Wildman–Crippen LogP) is 1.06. The molecule has 0 bridgehead atoms. The largest absolute Gasteiger partial charge is 0.316 e. The number of nitrogens with one attached hydrogen (secondary N) is 1. The van der Waals surface area contributed by atoms with E-state index in [1.807, 2.05) is 0 Å². The Hall–Kier alpha value is -0.460. The molecule has 0 saturated carbocycles. The number of hydrogen-bond acceptors (Lipinski definition) is 5. The summed E-state index contributed by atoms with van der Waals surface area (Å²) < 4.78 is 23.8. The van der Waals surface area contributed by atoms with E-state index in [1.54, 1.807) is 11.7 Å². The van der Waals surface area contributed by atoms with Gasteiger partial charge in [-0.3, -0.25) is 4.98 Å². The zero-order chi connectivity index (χ0) is 11.4. The average molecular weight is 260 g/mol. The molecule has 4 nitrogen and oxygen atoms in total. The van der Waals surface area contributed by atoms with E-state index in [9.17, 15) is 8.42 Å². The van der Waals surface area contributed by atoms with Gasteiger partial charge < -0.3 is 5.32 Å². The third kappa shape index (κ3) is 3.54. The van der Waals surface area contributed by atoms with Gasteiger partial charge >= 0.3 is 0 Å². The van der Waals surface area contributed by atoms with Crippen molar-refractivity contribution in [2.24, 2.45) is 5.92 Å². The molecule has 16 heavy (non-hydrogen) atoms. The Kier molecular flexibility index (Phi) is 3.94. The van der Waals surface area contributed by atoms with Crippen molar-refractivity contribution in [3.63, 3.8) is 0 Å². The van der Waals surface area contributed by atoms with Gasteiger partial charge in [0.2, 0.25) is 0 Å². The second-order valence-corrected chi connectivity index (χ2v) is 7.31. The van der Waals surface area contributed by atoms with Crippen LogP contribution in [0.4, 0.5) is 0 Å². The van der Waals surface area contributed by atoms with Crippen LogP contribution in [0.2, 0.25) is 0 Å². The molecule has 1 aliphatic rings. The van der Waals surface area contributed by atoms with E-state index in [2.05, 4.69) is 10.3 Å². The van der Waals surface area contributed by atoms with Gasteiger partial charge in [-0.25, -0.2) is 8.42 Å². The van der Waals surface area contributed by atoms with Crippen LogP contribution >= 0.6 is 11.3 Å². The van der Waals surface area contributed by atoms with Crippen molar-refractivity contribution >= 4 is 21.2 Å². The quantitative estimate of drug-likeness (QED) is 0.879. The number of rotatable bonds is 4. The first kappa shape index (κ1) is 12.0. The summed E-state index contributed by atoms with van der Waals surface area (Å²) in [5.41, 5.74) is 1.67. The lowest BCUT2D eigenvalue weighted by Gasteiger charge is -2.22. The zero-order valence-electron chi connectivity index (χ0n) is 9.05. The molecule has 0 spiro atoms. The fourth-order valence-electron chi connectivity index (χ4n) is 2.01. The summed E-state index contributed by atoms with van der Waals surface area (Å²) in [5.74, 6) is 0.734. The minimum absolute atomic E-state index is 0.147. The highest BCUT2D eigenvalue weighted by molar-refractivity contribution is 7.90. The Balaban J connectivity index is 1.92. The van der Waals surface area contributed by atoms with Gasteiger partial charge in [0.15, 0.2) is 9.84 Å². The smallest absolute Gasteiger partial charge is 0.155 e. The third-order valence-corrected chi connectivity index (χ3v) is 5.43. The molecule has 1 aromatic heterocycles. The van der Waals surface area contributed by atoms with Crippen LogP contribution in [-0.2, 0) is 15.6 Å². The molecule has 1 aromatic rings. The molecule has 2 rings (SSSR count). The van der Waals surface area contributed by atoms with Crippen molar-refractivity contribution in [1.82, 2.24) is 10.3 Å². The number of piperidine rings is 1. The standard InChI is InChI=1S/C10H16N2O2S2/c13-16(14,7-10-5-12-8-15-10)6-9-2-1-3-11-4-9/h5,8-9,11H,1-4,6-7H2/t9-/m0/s1. The monoisotopic (exact) mass is 260 g/mol. The number of nitrogens with zero attached hydrogens (tertiary/aromatic N) is 1. The van der Waals surface area contributed by atoms with E-state index in [-0.39, 0.29) is 11.7 Å². The van der Waals surface area contributed by atoms with Crippen molar-refractivity contribution < 1.29 is 8.42 Å². The molecule has 0 aromatic carbocycles. The Bertz CT molecular complexity index is 408. The maximum Gasteiger partial charge on any atom is 0.155 e. The van der Waals surface area contributed by atoms with E-state index in [0.717, 1.165) is 30.8 Å². The van der Waals surface area contributed by atoms with E-state index in [0.29, 0.717) is 5.75 Å². The summed E-state index contributed by atoms with van der Waals surface area (Å²) >= 11 is 1.41. The summed E-state index contributed by atoms with van der Waals surface area (Å²) in [6.07, 6.45) is 3.75. The van der Waals surface area contributed by atoms with E-state index < -0.39 is 9.84 Å². The van der Waals surface area contributed by atoms with Crippen molar-refractivity contribution in [1.29, 1.82) is 0 Å². The number of thiazole rings is 1. The van der Waals surface area contributed by atoms with Gasteiger partial charge in [-0.1, -0.05) is 0 Å². The average Bonchev–Trinajstić information content (AvgIpc) is 2.70. The van der Waals surface area contributed by atoms with Crippen molar-refractivity contribution in [2.75, 3.05) is 18.8 Å². The van der Waals surface area contributed by atoms with Crippen LogP contribution in [0.25, 0.3) is 0 Å². The number of aromatic nitrogens is 1. The topological polar surface area (TPSA) is 59.1 Å². The van der Waals surface area contributed by atoms with Gasteiger partial charge in [-0.05, 0) is 31.8 Å². The van der Waals surface area contributed by atoms with Gasteiger partial charge in [0, 0.05) is 11.1 Å². The van der Waals surface area contributed by atoms with Crippen molar-refractivity contribution in [2.45, 2.75) is 18.6 Å². The lowest BCUT2D eigenvalue weighted by atomic mass is 10.0. The van der Waals surface area contributed by atoms with E-state index in [4.69, 9.17) is 0 Å². The SMILES string of the molecule is O=S(=O)(Cc1cncs1)C[C@H]1CCCNC1. The molecule has 6 heteroatoms. The summed E-state index contributed by atoms with van der Waals surface area (Å²) in [4.78, 5) is 4.73. The van der Waals surface area contributed by atoms with E-state index >= 15 is 0 Å². The fourth-order valence-corrected chi connectivity index (χ4v) is 4.83. The van der Waals surface area contributed by atoms with Crippen LogP contribution in [-0.4, -0.2) is 32.2 Å². The van der Waals surface area contributed by atoms with Crippen LogP contribution in [0.15, 0.2) is 11.7 Å². The summed E-state index contributed by atoms with van der Waals surface area (Å²) in [6, 6.07) is 0. The van der Waals surface area contributed by atoms with Crippen LogP contribution in [0.3, 0.4) is 0 Å². The maximum absolute atomic E-state index is 11.9. The molecular formula is C10H16N2O2S2. The summed E-state index contributed by atoms with van der Waals surface area (Å²) in [6.45, 7) is 1.85. The molecular weight excluding hydrogens is 244 g/mol. The minimum atomic E-state index is -2.97. The van der Waals surface area contributed by atoms with E-state index in [1.165, 1.54) is 11.3 Å². The van der Waals surface area contributed by atoms with Crippen molar-refractivity contribution in [3.8, 4) is 0 Å². The normalized spacial score (nSPS) is 22.1. The first-order chi connectivity index (χ1) is 7.66. The summed E-state index contributed by atoms with van der Waals surface area (Å²) in [7, 11) is -2.97. The second-order valence-electron chi connectivity index (χ2n) is 4.23. The molecule has 1 atom stereocenters. The molecule has 1 saturated heterocycles. The molecule has 1 aliphatic heterocycles. The first-order valence-corrected chi connectivity index (χ1v) is 8.14. The molecule has 0 radical (unpaired) electrons. The second kappa shape index (κ2) is 5.25. The maximum atomic E-state index is 11.9. The molecule has 1 fully saturated rings. The Morgan fingerprint density at radius 1 is 1.56 bits per heavy atom. The van der Waals surface area contributed by atoms with Gasteiger partial charge in [0.25, 0.3) is 0 Å². The molecule has 0 aliphatic carbocycles. The predicted molar refractivity (Wildman–Crippen MR) is 65.2 cm³/mol. The molecule has 0 unspecified atom stereocenters. The Labute approximate surface area is 100 Å². The molecule has 0 amide bonds. The van der Waals surface area contributed by atoms with Gasteiger partial charge in [0.05, 0.1) is 17.0 Å². The third-order valence-electron chi connectivity index (χ3n) is 2.73. The number of sulfone groups is 1. The highest BCUT2D eigenvalue weighted by Gasteiger charge is 2.21. The zero-order valence-corrected chi connectivity index (χ0v) is 10.7. The van der Waals surface area contributed by atoms with Crippen LogP contribution in [0.5, 0.6) is 0 Å². The lowest BCUT2D eigenvalue weighted by Crippen LogP contribution is -2.34. The van der Waals surface area contributed by atoms with Gasteiger partial charge in [-0.15, -0.1) is 11.3 Å². The van der Waals surface area contributed by atoms with Gasteiger partial charge in [0.1, 0.15) is 0 Å². The molecule has 90 valence electrons. The van der Waals surface area contributed by atoms with Gasteiger partial charge in [-0.2, -0.15) is 0 Å². The first-order valence-electron chi connectivity index (χ1n) is 5.44. The van der Waals surface area contributed by atoms with Crippen LogP contribution in [0.1, 0.15) is 17.7 Å². The molecule has 1 N–H and O–H groups in total. The Morgan fingerprint density at radius 3 is 3.06 bits per heavy atom. The lowest BCUT2D eigenvalue weighted by molar-refractivity contribution is 0.404. The summed E-state index contributed by atoms with van der Waals surface area (Å²) in [5, 5.41) is 3.24. The number of hydrogen-bond donors (Lipinski definition) is 1. The fraction of sp³-hybridized carbons (Fsp3) is 0.700. The molecule has 2 heterocycles. The van der Waals surface area contributed by atoms with Crippen LogP contribution in [0, 0.1) is 5.92 Å². The Morgan fingerprint density at radius 2 is 2.44 bits per heavy atom. The van der Waals surface area contributed by atoms with Crippen molar-refractivity contribution in [3.05, 3.63) is 16.6 Å². The minimum Gasteiger partial charge on any atom is -0.316 e. The highest BCUT2D eigenvalue weighted by Crippen LogP contribution is 2.17.